The van der Waals surface area contributed by atoms with Gasteiger partial charge in [-0.25, -0.2) is 9.37 Å². The maximum absolute atomic E-state index is 12.8. The molecule has 6 heteroatoms. The molecular weight excluding hydrogens is 311 g/mol. The second kappa shape index (κ2) is 7.11. The molecule has 3 aromatic rings. The molecule has 23 heavy (non-hydrogen) atoms. The van der Waals surface area contributed by atoms with Crippen LogP contribution in [0.1, 0.15) is 5.56 Å². The molecule has 3 rings (SSSR count). The van der Waals surface area contributed by atoms with E-state index >= 15 is 0 Å². The number of aromatic nitrogens is 2. The van der Waals surface area contributed by atoms with Crippen molar-refractivity contribution in [2.24, 2.45) is 5.10 Å². The van der Waals surface area contributed by atoms with E-state index in [9.17, 15) is 4.39 Å². The lowest BCUT2D eigenvalue weighted by Crippen LogP contribution is -2.06. The molecule has 116 valence electrons. The van der Waals surface area contributed by atoms with E-state index in [1.165, 1.54) is 12.1 Å². The van der Waals surface area contributed by atoms with E-state index in [-0.39, 0.29) is 5.82 Å². The molecule has 2 N–H and O–H groups in total. The average Bonchev–Trinajstić information content (AvgIpc) is 2.98. The second-order valence-corrected chi connectivity index (χ2v) is 5.84. The van der Waals surface area contributed by atoms with Crippen molar-refractivity contribution in [1.29, 1.82) is 0 Å². The zero-order chi connectivity index (χ0) is 16.1. The number of fused-ring (bicyclic) bond motifs is 1. The fourth-order valence-corrected chi connectivity index (χ4v) is 2.65. The summed E-state index contributed by atoms with van der Waals surface area (Å²) in [5.74, 6) is 0.377. The molecular formula is C17H15FN4S. The Hall–Kier alpha value is -2.60. The van der Waals surface area contributed by atoms with Crippen molar-refractivity contribution in [3.63, 3.8) is 0 Å². The Bertz CT molecular complexity index is 806. The Morgan fingerprint density at radius 2 is 2.04 bits per heavy atom. The number of nitrogens with zero attached hydrogens (tertiary/aromatic N) is 2. The van der Waals surface area contributed by atoms with Crippen LogP contribution in [0.5, 0.6) is 0 Å². The third kappa shape index (κ3) is 4.20. The van der Waals surface area contributed by atoms with Crippen molar-refractivity contribution in [1.82, 2.24) is 15.4 Å². The minimum absolute atomic E-state index is 0.262. The number of aromatic amines is 1. The van der Waals surface area contributed by atoms with Gasteiger partial charge in [0.25, 0.3) is 0 Å². The number of nitrogens with one attached hydrogen (secondary N) is 2. The molecule has 0 aliphatic carbocycles. The van der Waals surface area contributed by atoms with Gasteiger partial charge in [0.2, 0.25) is 0 Å². The van der Waals surface area contributed by atoms with E-state index in [1.807, 2.05) is 24.3 Å². The highest BCUT2D eigenvalue weighted by molar-refractivity contribution is 7.99. The standard InChI is InChI=1S/C17H15FN4S/c1-12(22-19-10-13-6-8-14(18)9-7-13)11-23-17-20-15-4-2-3-5-16(15)21-17/h2-10,22H,1,11H2,(H,20,21)/b19-10+. The topological polar surface area (TPSA) is 53.1 Å². The lowest BCUT2D eigenvalue weighted by atomic mass is 10.2. The molecule has 1 aromatic heterocycles. The van der Waals surface area contributed by atoms with Gasteiger partial charge in [0.05, 0.1) is 17.2 Å². The van der Waals surface area contributed by atoms with Gasteiger partial charge < -0.3 is 4.98 Å². The number of imidazole rings is 1. The third-order valence-electron chi connectivity index (χ3n) is 3.06. The normalized spacial score (nSPS) is 11.2. The highest BCUT2D eigenvalue weighted by Crippen LogP contribution is 2.20. The summed E-state index contributed by atoms with van der Waals surface area (Å²) in [7, 11) is 0. The molecule has 2 aromatic carbocycles. The van der Waals surface area contributed by atoms with E-state index in [0.29, 0.717) is 5.75 Å². The number of H-pyrrole nitrogens is 1. The molecule has 0 saturated heterocycles. The van der Waals surface area contributed by atoms with Crippen molar-refractivity contribution in [3.8, 4) is 0 Å². The second-order valence-electron chi connectivity index (χ2n) is 4.87. The Morgan fingerprint density at radius 1 is 1.26 bits per heavy atom. The number of thioether (sulfide) groups is 1. The lowest BCUT2D eigenvalue weighted by molar-refractivity contribution is 0.628. The minimum Gasteiger partial charge on any atom is -0.333 e. The molecule has 1 heterocycles. The van der Waals surface area contributed by atoms with Crippen molar-refractivity contribution >= 4 is 29.0 Å². The smallest absolute Gasteiger partial charge is 0.166 e. The van der Waals surface area contributed by atoms with Gasteiger partial charge >= 0.3 is 0 Å². The summed E-state index contributed by atoms with van der Waals surface area (Å²) in [5, 5.41) is 4.93. The van der Waals surface area contributed by atoms with Gasteiger partial charge in [-0.3, -0.25) is 5.43 Å². The Morgan fingerprint density at radius 3 is 2.83 bits per heavy atom. The van der Waals surface area contributed by atoms with Crippen molar-refractivity contribution in [2.75, 3.05) is 5.75 Å². The monoisotopic (exact) mass is 326 g/mol. The molecule has 0 bridgehead atoms. The summed E-state index contributed by atoms with van der Waals surface area (Å²) in [6, 6.07) is 14.0. The summed E-state index contributed by atoms with van der Waals surface area (Å²) >= 11 is 1.55. The van der Waals surface area contributed by atoms with Crippen LogP contribution in [0, 0.1) is 5.82 Å². The number of hydrogen-bond acceptors (Lipinski definition) is 4. The van der Waals surface area contributed by atoms with Gasteiger partial charge in [0, 0.05) is 11.4 Å². The number of hydrogen-bond donors (Lipinski definition) is 2. The van der Waals surface area contributed by atoms with E-state index in [0.717, 1.165) is 27.5 Å². The van der Waals surface area contributed by atoms with E-state index in [1.54, 1.807) is 30.1 Å². The third-order valence-corrected chi connectivity index (χ3v) is 4.02. The van der Waals surface area contributed by atoms with Crippen LogP contribution < -0.4 is 5.43 Å². The quantitative estimate of drug-likeness (QED) is 0.410. The molecule has 0 spiro atoms. The van der Waals surface area contributed by atoms with Crippen LogP contribution in [0.25, 0.3) is 11.0 Å². The van der Waals surface area contributed by atoms with Crippen molar-refractivity contribution < 1.29 is 4.39 Å². The van der Waals surface area contributed by atoms with Crippen LogP contribution in [-0.2, 0) is 0 Å². The van der Waals surface area contributed by atoms with Gasteiger partial charge in [-0.05, 0) is 29.8 Å². The van der Waals surface area contributed by atoms with E-state index in [2.05, 4.69) is 27.1 Å². The first-order chi connectivity index (χ1) is 11.2. The maximum Gasteiger partial charge on any atom is 0.166 e. The largest absolute Gasteiger partial charge is 0.333 e. The summed E-state index contributed by atoms with van der Waals surface area (Å²) < 4.78 is 12.8. The molecule has 0 radical (unpaired) electrons. The van der Waals surface area contributed by atoms with Crippen molar-refractivity contribution in [2.45, 2.75) is 5.16 Å². The zero-order valence-electron chi connectivity index (χ0n) is 12.3. The van der Waals surface area contributed by atoms with E-state index < -0.39 is 0 Å². The summed E-state index contributed by atoms with van der Waals surface area (Å²) in [4.78, 5) is 7.73. The minimum atomic E-state index is -0.262. The Labute approximate surface area is 137 Å². The number of halogens is 1. The van der Waals surface area contributed by atoms with Crippen molar-refractivity contribution in [3.05, 3.63) is 72.2 Å². The Balaban J connectivity index is 1.50. The summed E-state index contributed by atoms with van der Waals surface area (Å²) in [6.07, 6.45) is 1.62. The van der Waals surface area contributed by atoms with Crippen LogP contribution in [0.2, 0.25) is 0 Å². The number of benzene rings is 2. The first-order valence-corrected chi connectivity index (χ1v) is 7.99. The van der Waals surface area contributed by atoms with Crippen LogP contribution in [0.3, 0.4) is 0 Å². The SMILES string of the molecule is C=C(CSc1nc2ccccc2[nH]1)N/N=C/c1ccc(F)cc1. The number of para-hydroxylation sites is 2. The van der Waals surface area contributed by atoms with Crippen LogP contribution >= 0.6 is 11.8 Å². The van der Waals surface area contributed by atoms with Gasteiger partial charge in [-0.2, -0.15) is 5.10 Å². The average molecular weight is 326 g/mol. The Kier molecular flexibility index (Phi) is 4.73. The summed E-state index contributed by atoms with van der Waals surface area (Å²) in [5.41, 5.74) is 6.41. The number of rotatable bonds is 6. The fourth-order valence-electron chi connectivity index (χ4n) is 1.93. The zero-order valence-corrected chi connectivity index (χ0v) is 13.1. The predicted octanol–water partition coefficient (Wildman–Crippen LogP) is 3.93. The molecule has 0 saturated carbocycles. The molecule has 0 atom stereocenters. The molecule has 0 aliphatic rings. The maximum atomic E-state index is 12.8. The molecule has 0 amide bonds. The van der Waals surface area contributed by atoms with Gasteiger partial charge in [0.15, 0.2) is 5.16 Å². The van der Waals surface area contributed by atoms with Gasteiger partial charge in [0.1, 0.15) is 5.82 Å². The highest BCUT2D eigenvalue weighted by Gasteiger charge is 2.03. The molecule has 4 nitrogen and oxygen atoms in total. The highest BCUT2D eigenvalue weighted by atomic mass is 32.2. The predicted molar refractivity (Wildman–Crippen MR) is 93.1 cm³/mol. The van der Waals surface area contributed by atoms with Gasteiger partial charge in [-0.15, -0.1) is 0 Å². The lowest BCUT2D eigenvalue weighted by Gasteiger charge is -2.02. The first-order valence-electron chi connectivity index (χ1n) is 7.01. The van der Waals surface area contributed by atoms with E-state index in [4.69, 9.17) is 0 Å². The fraction of sp³-hybridized carbons (Fsp3) is 0.0588. The van der Waals surface area contributed by atoms with Crippen LogP contribution in [-0.4, -0.2) is 21.9 Å². The van der Waals surface area contributed by atoms with Crippen LogP contribution in [0.15, 0.2) is 71.1 Å². The molecule has 0 unspecified atom stereocenters. The first kappa shape index (κ1) is 15.3. The molecule has 0 aliphatic heterocycles. The van der Waals surface area contributed by atoms with Crippen LogP contribution in [0.4, 0.5) is 4.39 Å². The summed E-state index contributed by atoms with van der Waals surface area (Å²) in [6.45, 7) is 3.92. The number of hydrazone groups is 1. The molecule has 0 fully saturated rings. The van der Waals surface area contributed by atoms with Gasteiger partial charge in [-0.1, -0.05) is 42.6 Å².